The normalized spacial score (nSPS) is 46.5. The number of hydrogen-bond acceptors (Lipinski definition) is 3. The number of hydrogen-bond donors (Lipinski definition) is 0. The van der Waals surface area contributed by atoms with Gasteiger partial charge in [0.05, 0.1) is 0 Å². The fourth-order valence-electron chi connectivity index (χ4n) is 5.11. The lowest BCUT2D eigenvalue weighted by Crippen LogP contribution is -2.59. The van der Waals surface area contributed by atoms with Crippen molar-refractivity contribution in [3.05, 3.63) is 0 Å². The molecule has 4 fully saturated rings. The summed E-state index contributed by atoms with van der Waals surface area (Å²) < 4.78 is 0. The summed E-state index contributed by atoms with van der Waals surface area (Å²) in [5.74, 6) is 0. The van der Waals surface area contributed by atoms with Crippen LogP contribution in [0.25, 0.3) is 0 Å². The summed E-state index contributed by atoms with van der Waals surface area (Å²) in [6.07, 6.45) is 7.22. The maximum atomic E-state index is 2.89. The predicted molar refractivity (Wildman–Crippen MR) is 73.8 cm³/mol. The maximum Gasteiger partial charge on any atom is 0.0267 e. The standard InChI is InChI=1S/C15H27N3/c1-12-10-17-8-2-4-13(17)11-18(12)15-6-9-16-7-3-5-14(15)16/h12-15H,2-11H2,1H3. The van der Waals surface area contributed by atoms with Gasteiger partial charge in [-0.05, 0) is 52.1 Å². The predicted octanol–water partition coefficient (Wildman–Crippen LogP) is 1.39. The van der Waals surface area contributed by atoms with E-state index in [9.17, 15) is 0 Å². The van der Waals surface area contributed by atoms with Crippen LogP contribution in [-0.2, 0) is 0 Å². The van der Waals surface area contributed by atoms with Crippen molar-refractivity contribution >= 4 is 0 Å². The van der Waals surface area contributed by atoms with E-state index in [0.717, 1.165) is 24.2 Å². The van der Waals surface area contributed by atoms with Gasteiger partial charge in [0.15, 0.2) is 0 Å². The summed E-state index contributed by atoms with van der Waals surface area (Å²) in [4.78, 5) is 8.41. The van der Waals surface area contributed by atoms with Gasteiger partial charge >= 0.3 is 0 Å². The number of fused-ring (bicyclic) bond motifs is 2. The van der Waals surface area contributed by atoms with Crippen LogP contribution < -0.4 is 0 Å². The molecular formula is C15H27N3. The number of rotatable bonds is 1. The van der Waals surface area contributed by atoms with E-state index in [2.05, 4.69) is 21.6 Å². The summed E-state index contributed by atoms with van der Waals surface area (Å²) in [6, 6.07) is 3.45. The topological polar surface area (TPSA) is 9.72 Å². The molecule has 4 rings (SSSR count). The molecule has 0 radical (unpaired) electrons. The maximum absolute atomic E-state index is 2.89. The van der Waals surface area contributed by atoms with E-state index in [1.54, 1.807) is 0 Å². The van der Waals surface area contributed by atoms with Gasteiger partial charge in [0.1, 0.15) is 0 Å². The Balaban J connectivity index is 1.50. The molecule has 0 saturated carbocycles. The molecule has 4 heterocycles. The van der Waals surface area contributed by atoms with E-state index in [-0.39, 0.29) is 0 Å². The second-order valence-electron chi connectivity index (χ2n) is 6.94. The Morgan fingerprint density at radius 1 is 0.778 bits per heavy atom. The van der Waals surface area contributed by atoms with Crippen LogP contribution in [0.1, 0.15) is 39.0 Å². The first-order valence-electron chi connectivity index (χ1n) is 8.07. The SMILES string of the molecule is CC1CN2CCCC2CN1C1CCN2CCCC12. The van der Waals surface area contributed by atoms with Crippen molar-refractivity contribution < 1.29 is 0 Å². The lowest BCUT2D eigenvalue weighted by Gasteiger charge is -2.46. The molecule has 4 saturated heterocycles. The Hall–Kier alpha value is -0.120. The minimum atomic E-state index is 0.782. The molecule has 0 spiro atoms. The molecule has 4 aliphatic heterocycles. The van der Waals surface area contributed by atoms with Gasteiger partial charge in [-0.25, -0.2) is 0 Å². The highest BCUT2D eigenvalue weighted by Gasteiger charge is 2.44. The van der Waals surface area contributed by atoms with Crippen molar-refractivity contribution in [1.29, 1.82) is 0 Å². The fourth-order valence-corrected chi connectivity index (χ4v) is 5.11. The largest absolute Gasteiger partial charge is 0.299 e. The van der Waals surface area contributed by atoms with Gasteiger partial charge in [0.25, 0.3) is 0 Å². The fraction of sp³-hybridized carbons (Fsp3) is 1.00. The molecule has 0 amide bonds. The Morgan fingerprint density at radius 2 is 1.61 bits per heavy atom. The third-order valence-electron chi connectivity index (χ3n) is 5.98. The van der Waals surface area contributed by atoms with E-state index in [0.29, 0.717) is 0 Å². The molecule has 0 N–H and O–H groups in total. The quantitative estimate of drug-likeness (QED) is 0.695. The van der Waals surface area contributed by atoms with Crippen molar-refractivity contribution in [3.63, 3.8) is 0 Å². The van der Waals surface area contributed by atoms with E-state index >= 15 is 0 Å². The highest BCUT2D eigenvalue weighted by Crippen LogP contribution is 2.35. The van der Waals surface area contributed by atoms with Gasteiger partial charge < -0.3 is 0 Å². The molecule has 0 aliphatic carbocycles. The minimum Gasteiger partial charge on any atom is -0.299 e. The average Bonchev–Trinajstić information content (AvgIpc) is 3.01. The van der Waals surface area contributed by atoms with Gasteiger partial charge in [0.2, 0.25) is 0 Å². The van der Waals surface area contributed by atoms with Crippen molar-refractivity contribution in [1.82, 2.24) is 14.7 Å². The van der Waals surface area contributed by atoms with Crippen LogP contribution >= 0.6 is 0 Å². The van der Waals surface area contributed by atoms with Crippen LogP contribution in [0.3, 0.4) is 0 Å². The molecule has 4 atom stereocenters. The van der Waals surface area contributed by atoms with E-state index in [4.69, 9.17) is 0 Å². The zero-order valence-corrected chi connectivity index (χ0v) is 11.7. The smallest absolute Gasteiger partial charge is 0.0267 e. The van der Waals surface area contributed by atoms with E-state index in [1.165, 1.54) is 64.8 Å². The first-order chi connectivity index (χ1) is 8.83. The Kier molecular flexibility index (Phi) is 2.90. The van der Waals surface area contributed by atoms with Gasteiger partial charge in [-0.1, -0.05) is 0 Å². The molecule has 0 aromatic carbocycles. The monoisotopic (exact) mass is 249 g/mol. The molecule has 3 heteroatoms. The molecule has 102 valence electrons. The van der Waals surface area contributed by atoms with Crippen molar-refractivity contribution in [2.24, 2.45) is 0 Å². The first-order valence-corrected chi connectivity index (χ1v) is 8.07. The zero-order chi connectivity index (χ0) is 12.1. The molecule has 18 heavy (non-hydrogen) atoms. The summed E-state index contributed by atoms with van der Waals surface area (Å²) in [5.41, 5.74) is 0. The van der Waals surface area contributed by atoms with Gasteiger partial charge in [0, 0.05) is 43.8 Å². The third kappa shape index (κ3) is 1.75. The lowest BCUT2D eigenvalue weighted by molar-refractivity contribution is 0.0194. The van der Waals surface area contributed by atoms with Gasteiger partial charge in [-0.3, -0.25) is 14.7 Å². The zero-order valence-electron chi connectivity index (χ0n) is 11.7. The second-order valence-corrected chi connectivity index (χ2v) is 6.94. The average molecular weight is 249 g/mol. The first kappa shape index (κ1) is 11.7. The summed E-state index contributed by atoms with van der Waals surface area (Å²) in [6.45, 7) is 9.26. The van der Waals surface area contributed by atoms with Crippen molar-refractivity contribution in [2.45, 2.75) is 63.2 Å². The summed E-state index contributed by atoms with van der Waals surface area (Å²) in [7, 11) is 0. The number of nitrogens with zero attached hydrogens (tertiary/aromatic N) is 3. The second kappa shape index (κ2) is 4.46. The molecule has 0 bridgehead atoms. The molecular weight excluding hydrogens is 222 g/mol. The van der Waals surface area contributed by atoms with Crippen LogP contribution in [-0.4, -0.2) is 71.6 Å². The Bertz CT molecular complexity index is 319. The van der Waals surface area contributed by atoms with Crippen molar-refractivity contribution in [2.75, 3.05) is 32.7 Å². The van der Waals surface area contributed by atoms with E-state index in [1.807, 2.05) is 0 Å². The highest BCUT2D eigenvalue weighted by atomic mass is 15.4. The molecule has 4 unspecified atom stereocenters. The van der Waals surface area contributed by atoms with Crippen LogP contribution in [0.4, 0.5) is 0 Å². The van der Waals surface area contributed by atoms with Crippen LogP contribution in [0.5, 0.6) is 0 Å². The molecule has 4 aliphatic rings. The van der Waals surface area contributed by atoms with Crippen LogP contribution in [0.15, 0.2) is 0 Å². The number of piperazine rings is 1. The van der Waals surface area contributed by atoms with Gasteiger partial charge in [-0.15, -0.1) is 0 Å². The van der Waals surface area contributed by atoms with Gasteiger partial charge in [-0.2, -0.15) is 0 Å². The Labute approximate surface area is 111 Å². The molecule has 3 nitrogen and oxygen atoms in total. The summed E-state index contributed by atoms with van der Waals surface area (Å²) in [5, 5.41) is 0. The molecule has 0 aromatic heterocycles. The molecule has 0 aromatic rings. The minimum absolute atomic E-state index is 0.782. The van der Waals surface area contributed by atoms with Crippen LogP contribution in [0, 0.1) is 0 Å². The third-order valence-corrected chi connectivity index (χ3v) is 5.98. The lowest BCUT2D eigenvalue weighted by atomic mass is 9.99. The highest BCUT2D eigenvalue weighted by molar-refractivity contribution is 5.01. The van der Waals surface area contributed by atoms with E-state index < -0.39 is 0 Å². The van der Waals surface area contributed by atoms with Crippen LogP contribution in [0.2, 0.25) is 0 Å². The summed E-state index contributed by atoms with van der Waals surface area (Å²) >= 11 is 0. The van der Waals surface area contributed by atoms with Crippen molar-refractivity contribution in [3.8, 4) is 0 Å². The Morgan fingerprint density at radius 3 is 2.56 bits per heavy atom.